The average Bonchev–Trinajstić information content (AvgIpc) is 2.86. The molecule has 1 aromatic carbocycles. The summed E-state index contributed by atoms with van der Waals surface area (Å²) in [7, 11) is 0. The molecule has 0 spiro atoms. The summed E-state index contributed by atoms with van der Waals surface area (Å²) in [5.41, 5.74) is 1.64. The average molecular weight is 285 g/mol. The van der Waals surface area contributed by atoms with E-state index in [1.54, 1.807) is 4.68 Å². The number of hydrogen-bond acceptors (Lipinski definition) is 4. The highest BCUT2D eigenvalue weighted by atomic mass is 16.2. The highest BCUT2D eigenvalue weighted by Crippen LogP contribution is 2.13. The summed E-state index contributed by atoms with van der Waals surface area (Å²) in [5, 5.41) is 7.59. The number of rotatable bonds is 2. The van der Waals surface area contributed by atoms with Gasteiger partial charge in [-0.1, -0.05) is 0 Å². The largest absolute Gasteiger partial charge is 0.336 e. The minimum absolute atomic E-state index is 0.0922. The molecule has 1 aromatic heterocycles. The number of nitrogens with one attached hydrogen (secondary N) is 1. The number of carbonyl (C=O) groups excluding carboxylic acids is 1. The molecule has 1 fully saturated rings. The van der Waals surface area contributed by atoms with Gasteiger partial charge in [-0.2, -0.15) is 5.10 Å². The van der Waals surface area contributed by atoms with Gasteiger partial charge in [0.1, 0.15) is 11.6 Å². The Morgan fingerprint density at radius 2 is 1.81 bits per heavy atom. The molecule has 21 heavy (non-hydrogen) atoms. The fourth-order valence-corrected chi connectivity index (χ4v) is 2.56. The number of nitrogens with zero attached hydrogens (tertiary/aromatic N) is 4. The Balaban J connectivity index is 1.80. The number of piperazine rings is 1. The second-order valence-corrected chi connectivity index (χ2v) is 5.21. The Kier molecular flexibility index (Phi) is 3.70. The highest BCUT2D eigenvalue weighted by Gasteiger charge is 2.17. The Labute approximate surface area is 123 Å². The third-order valence-corrected chi connectivity index (χ3v) is 3.64. The van der Waals surface area contributed by atoms with Gasteiger partial charge in [0.2, 0.25) is 0 Å². The first kappa shape index (κ1) is 13.8. The van der Waals surface area contributed by atoms with E-state index in [0.29, 0.717) is 0 Å². The van der Waals surface area contributed by atoms with Crippen molar-refractivity contribution in [2.24, 2.45) is 0 Å². The van der Waals surface area contributed by atoms with Crippen LogP contribution in [0.2, 0.25) is 0 Å². The van der Waals surface area contributed by atoms with Gasteiger partial charge in [-0.25, -0.2) is 9.67 Å². The normalized spacial score (nSPS) is 15.2. The van der Waals surface area contributed by atoms with E-state index in [-0.39, 0.29) is 5.91 Å². The molecule has 1 saturated heterocycles. The van der Waals surface area contributed by atoms with Gasteiger partial charge in [-0.15, -0.1) is 0 Å². The third kappa shape index (κ3) is 2.80. The fraction of sp³-hybridized carbons (Fsp3) is 0.400. The predicted molar refractivity (Wildman–Crippen MR) is 79.6 cm³/mol. The fourth-order valence-electron chi connectivity index (χ4n) is 2.56. The molecule has 0 saturated carbocycles. The van der Waals surface area contributed by atoms with Gasteiger partial charge in [-0.05, 0) is 38.1 Å². The molecule has 2 heterocycles. The maximum atomic E-state index is 12.4. The zero-order chi connectivity index (χ0) is 14.8. The number of hydrogen-bond donors (Lipinski definition) is 1. The van der Waals surface area contributed by atoms with Crippen molar-refractivity contribution in [3.05, 3.63) is 41.5 Å². The summed E-state index contributed by atoms with van der Waals surface area (Å²) in [6, 6.07) is 7.54. The van der Waals surface area contributed by atoms with Gasteiger partial charge < -0.3 is 10.2 Å². The van der Waals surface area contributed by atoms with Crippen LogP contribution in [0.4, 0.5) is 0 Å². The van der Waals surface area contributed by atoms with Crippen molar-refractivity contribution < 1.29 is 4.79 Å². The molecule has 3 rings (SSSR count). The first-order valence-corrected chi connectivity index (χ1v) is 7.16. The molecular weight excluding hydrogens is 266 g/mol. The van der Waals surface area contributed by atoms with Crippen molar-refractivity contribution in [3.63, 3.8) is 0 Å². The molecule has 0 aliphatic carbocycles. The van der Waals surface area contributed by atoms with Crippen LogP contribution in [0.1, 0.15) is 22.0 Å². The topological polar surface area (TPSA) is 63.1 Å². The van der Waals surface area contributed by atoms with E-state index in [1.807, 2.05) is 43.0 Å². The van der Waals surface area contributed by atoms with Crippen LogP contribution < -0.4 is 5.32 Å². The number of aryl methyl sites for hydroxylation is 2. The molecule has 1 N–H and O–H groups in total. The summed E-state index contributed by atoms with van der Waals surface area (Å²) >= 11 is 0. The predicted octanol–water partition coefficient (Wildman–Crippen LogP) is 0.930. The molecule has 1 amide bonds. The lowest BCUT2D eigenvalue weighted by atomic mass is 10.1. The Morgan fingerprint density at radius 3 is 2.38 bits per heavy atom. The molecule has 6 heteroatoms. The zero-order valence-corrected chi connectivity index (χ0v) is 12.3. The highest BCUT2D eigenvalue weighted by molar-refractivity contribution is 5.94. The van der Waals surface area contributed by atoms with E-state index in [4.69, 9.17) is 0 Å². The Hall–Kier alpha value is -2.21. The van der Waals surface area contributed by atoms with E-state index in [1.165, 1.54) is 0 Å². The van der Waals surface area contributed by atoms with Gasteiger partial charge in [0, 0.05) is 31.7 Å². The maximum absolute atomic E-state index is 12.4. The minimum Gasteiger partial charge on any atom is -0.336 e. The number of aromatic nitrogens is 3. The van der Waals surface area contributed by atoms with E-state index < -0.39 is 0 Å². The third-order valence-electron chi connectivity index (χ3n) is 3.64. The Morgan fingerprint density at radius 1 is 1.14 bits per heavy atom. The van der Waals surface area contributed by atoms with Gasteiger partial charge >= 0.3 is 0 Å². The van der Waals surface area contributed by atoms with E-state index in [0.717, 1.165) is 49.1 Å². The molecular formula is C15H19N5O. The van der Waals surface area contributed by atoms with Gasteiger partial charge in [0.15, 0.2) is 0 Å². The number of benzene rings is 1. The van der Waals surface area contributed by atoms with Crippen LogP contribution in [0, 0.1) is 13.8 Å². The molecule has 1 aliphatic heterocycles. The van der Waals surface area contributed by atoms with Crippen molar-refractivity contribution in [2.45, 2.75) is 13.8 Å². The molecule has 0 atom stereocenters. The second kappa shape index (κ2) is 5.65. The van der Waals surface area contributed by atoms with Crippen LogP contribution >= 0.6 is 0 Å². The first-order chi connectivity index (χ1) is 10.1. The number of amides is 1. The number of carbonyl (C=O) groups is 1. The first-order valence-electron chi connectivity index (χ1n) is 7.16. The maximum Gasteiger partial charge on any atom is 0.253 e. The molecule has 0 radical (unpaired) electrons. The van der Waals surface area contributed by atoms with Crippen LogP contribution in [-0.4, -0.2) is 51.8 Å². The molecule has 110 valence electrons. The van der Waals surface area contributed by atoms with Crippen LogP contribution in [-0.2, 0) is 0 Å². The lowest BCUT2D eigenvalue weighted by Crippen LogP contribution is -2.46. The standard InChI is InChI=1S/C15H19N5O/c1-11-17-12(2)20(18-11)14-5-3-13(4-6-14)15(21)19-9-7-16-8-10-19/h3-6,16H,7-10H2,1-2H3. The molecule has 1 aliphatic rings. The molecule has 2 aromatic rings. The lowest BCUT2D eigenvalue weighted by Gasteiger charge is -2.27. The quantitative estimate of drug-likeness (QED) is 0.891. The van der Waals surface area contributed by atoms with Crippen LogP contribution in [0.5, 0.6) is 0 Å². The van der Waals surface area contributed by atoms with Crippen molar-refractivity contribution >= 4 is 5.91 Å². The van der Waals surface area contributed by atoms with Crippen molar-refractivity contribution in [1.82, 2.24) is 25.0 Å². The zero-order valence-electron chi connectivity index (χ0n) is 12.3. The van der Waals surface area contributed by atoms with Crippen LogP contribution in [0.25, 0.3) is 5.69 Å². The summed E-state index contributed by atoms with van der Waals surface area (Å²) in [6.45, 7) is 7.04. The SMILES string of the molecule is Cc1nc(C)n(-c2ccc(C(=O)N3CCNCC3)cc2)n1. The summed E-state index contributed by atoms with van der Waals surface area (Å²) in [6.07, 6.45) is 0. The van der Waals surface area contributed by atoms with E-state index in [9.17, 15) is 4.79 Å². The van der Waals surface area contributed by atoms with E-state index >= 15 is 0 Å². The van der Waals surface area contributed by atoms with Crippen LogP contribution in [0.3, 0.4) is 0 Å². The second-order valence-electron chi connectivity index (χ2n) is 5.21. The summed E-state index contributed by atoms with van der Waals surface area (Å²) in [5.74, 6) is 1.68. The minimum atomic E-state index is 0.0922. The van der Waals surface area contributed by atoms with Gasteiger partial charge in [0.25, 0.3) is 5.91 Å². The smallest absolute Gasteiger partial charge is 0.253 e. The van der Waals surface area contributed by atoms with E-state index in [2.05, 4.69) is 15.4 Å². The van der Waals surface area contributed by atoms with Crippen LogP contribution in [0.15, 0.2) is 24.3 Å². The van der Waals surface area contributed by atoms with Gasteiger partial charge in [0.05, 0.1) is 5.69 Å². The molecule has 6 nitrogen and oxygen atoms in total. The van der Waals surface area contributed by atoms with Crippen molar-refractivity contribution in [1.29, 1.82) is 0 Å². The lowest BCUT2D eigenvalue weighted by molar-refractivity contribution is 0.0736. The van der Waals surface area contributed by atoms with Gasteiger partial charge in [-0.3, -0.25) is 4.79 Å². The monoisotopic (exact) mass is 285 g/mol. The molecule has 0 bridgehead atoms. The molecule has 0 unspecified atom stereocenters. The Bertz CT molecular complexity index is 641. The summed E-state index contributed by atoms with van der Waals surface area (Å²) in [4.78, 5) is 18.6. The summed E-state index contributed by atoms with van der Waals surface area (Å²) < 4.78 is 1.79. The van der Waals surface area contributed by atoms with Crippen molar-refractivity contribution in [3.8, 4) is 5.69 Å². The van der Waals surface area contributed by atoms with Crippen molar-refractivity contribution in [2.75, 3.05) is 26.2 Å².